The molecule has 148 valence electrons. The first-order valence-electron chi connectivity index (χ1n) is 9.39. The Kier molecular flexibility index (Phi) is 5.48. The van der Waals surface area contributed by atoms with E-state index in [0.717, 1.165) is 22.6 Å². The summed E-state index contributed by atoms with van der Waals surface area (Å²) in [4.78, 5) is 27.3. The standard InChI is InChI=1S/C22H21ClN4OS/c1-4-27-20-17(11-15(12-24-20)13-29-16-8-6-5-7-9-16)22(28)26(3)19-14(2)10-18(23)25-21(19)27/h5-12H,4,13H2,1-3H3. The van der Waals surface area contributed by atoms with Gasteiger partial charge in [0.2, 0.25) is 0 Å². The summed E-state index contributed by atoms with van der Waals surface area (Å²) < 4.78 is 0. The van der Waals surface area contributed by atoms with E-state index in [1.165, 1.54) is 4.90 Å². The molecule has 1 aromatic carbocycles. The van der Waals surface area contributed by atoms with Crippen molar-refractivity contribution in [2.75, 3.05) is 23.4 Å². The van der Waals surface area contributed by atoms with E-state index in [-0.39, 0.29) is 5.91 Å². The smallest absolute Gasteiger partial charge is 0.261 e. The molecule has 7 heteroatoms. The average molecular weight is 425 g/mol. The SMILES string of the molecule is CCN1c2ncc(CSc3ccccc3)cc2C(=O)N(C)c2c(C)cc(Cl)nc21. The number of anilines is 3. The maximum Gasteiger partial charge on any atom is 0.261 e. The van der Waals surface area contributed by atoms with E-state index in [9.17, 15) is 4.79 Å². The van der Waals surface area contributed by atoms with Crippen LogP contribution in [0.4, 0.5) is 17.3 Å². The first-order valence-corrected chi connectivity index (χ1v) is 10.8. The van der Waals surface area contributed by atoms with Gasteiger partial charge in [0.25, 0.3) is 5.91 Å². The van der Waals surface area contributed by atoms with Crippen LogP contribution in [-0.4, -0.2) is 29.5 Å². The second-order valence-corrected chi connectivity index (χ2v) is 8.29. The van der Waals surface area contributed by atoms with Crippen LogP contribution in [0.2, 0.25) is 5.15 Å². The fourth-order valence-electron chi connectivity index (χ4n) is 3.53. The zero-order valence-electron chi connectivity index (χ0n) is 16.5. The van der Waals surface area contributed by atoms with Crippen LogP contribution in [0.15, 0.2) is 53.6 Å². The molecule has 0 radical (unpaired) electrons. The van der Waals surface area contributed by atoms with Crippen molar-refractivity contribution >= 4 is 46.6 Å². The van der Waals surface area contributed by atoms with Crippen LogP contribution in [0.1, 0.15) is 28.4 Å². The number of benzene rings is 1. The van der Waals surface area contributed by atoms with Gasteiger partial charge in [-0.25, -0.2) is 9.97 Å². The van der Waals surface area contributed by atoms with Crippen LogP contribution in [0.25, 0.3) is 0 Å². The molecule has 0 N–H and O–H groups in total. The third-order valence-corrected chi connectivity index (χ3v) is 6.18. The lowest BCUT2D eigenvalue weighted by Gasteiger charge is -2.24. The molecule has 4 rings (SSSR count). The Morgan fingerprint density at radius 2 is 1.90 bits per heavy atom. The molecule has 3 aromatic rings. The molecule has 0 bridgehead atoms. The minimum Gasteiger partial charge on any atom is -0.309 e. The molecular formula is C22H21ClN4OS. The van der Waals surface area contributed by atoms with E-state index in [4.69, 9.17) is 11.6 Å². The highest BCUT2D eigenvalue weighted by Crippen LogP contribution is 2.41. The number of aromatic nitrogens is 2. The number of hydrogen-bond donors (Lipinski definition) is 0. The highest BCUT2D eigenvalue weighted by Gasteiger charge is 2.32. The molecule has 0 aliphatic carbocycles. The summed E-state index contributed by atoms with van der Waals surface area (Å²) in [5.74, 6) is 1.92. The van der Waals surface area contributed by atoms with Crippen molar-refractivity contribution in [2.24, 2.45) is 0 Å². The molecule has 0 saturated carbocycles. The molecule has 0 fully saturated rings. The Labute approximate surface area is 179 Å². The van der Waals surface area contributed by atoms with E-state index in [2.05, 4.69) is 22.1 Å². The number of thioether (sulfide) groups is 1. The normalized spacial score (nSPS) is 13.2. The zero-order chi connectivity index (χ0) is 20.5. The van der Waals surface area contributed by atoms with Gasteiger partial charge in [-0.15, -0.1) is 11.8 Å². The van der Waals surface area contributed by atoms with E-state index < -0.39 is 0 Å². The minimum atomic E-state index is -0.0940. The third-order valence-electron chi connectivity index (χ3n) is 4.90. The number of carbonyl (C=O) groups is 1. The predicted molar refractivity (Wildman–Crippen MR) is 120 cm³/mol. The van der Waals surface area contributed by atoms with Crippen LogP contribution in [-0.2, 0) is 5.75 Å². The van der Waals surface area contributed by atoms with Gasteiger partial charge in [0.15, 0.2) is 5.82 Å². The first-order chi connectivity index (χ1) is 14.0. The Morgan fingerprint density at radius 1 is 1.14 bits per heavy atom. The summed E-state index contributed by atoms with van der Waals surface area (Å²) in [6.45, 7) is 4.58. The van der Waals surface area contributed by atoms with Gasteiger partial charge in [-0.3, -0.25) is 4.79 Å². The second-order valence-electron chi connectivity index (χ2n) is 6.86. The van der Waals surface area contributed by atoms with E-state index in [0.29, 0.717) is 28.9 Å². The van der Waals surface area contributed by atoms with Crippen molar-refractivity contribution in [3.05, 3.63) is 70.5 Å². The average Bonchev–Trinajstić information content (AvgIpc) is 2.80. The quantitative estimate of drug-likeness (QED) is 0.410. The lowest BCUT2D eigenvalue weighted by Crippen LogP contribution is -2.26. The molecule has 1 amide bonds. The molecule has 0 unspecified atom stereocenters. The number of fused-ring (bicyclic) bond motifs is 2. The Morgan fingerprint density at radius 3 is 2.62 bits per heavy atom. The van der Waals surface area contributed by atoms with Gasteiger partial charge in [0, 0.05) is 30.4 Å². The van der Waals surface area contributed by atoms with Crippen LogP contribution in [0, 0.1) is 6.92 Å². The number of halogens is 1. The monoisotopic (exact) mass is 424 g/mol. The zero-order valence-corrected chi connectivity index (χ0v) is 18.1. The number of aryl methyl sites for hydroxylation is 1. The van der Waals surface area contributed by atoms with Crippen LogP contribution in [0.5, 0.6) is 0 Å². The highest BCUT2D eigenvalue weighted by atomic mass is 35.5. The number of pyridine rings is 2. The van der Waals surface area contributed by atoms with Crippen molar-refractivity contribution in [1.29, 1.82) is 0 Å². The van der Waals surface area contributed by atoms with Crippen LogP contribution < -0.4 is 9.80 Å². The van der Waals surface area contributed by atoms with Gasteiger partial charge in [-0.05, 0) is 49.2 Å². The van der Waals surface area contributed by atoms with E-state index in [1.54, 1.807) is 29.8 Å². The largest absolute Gasteiger partial charge is 0.309 e. The first kappa shape index (κ1) is 19.7. The third kappa shape index (κ3) is 3.70. The predicted octanol–water partition coefficient (Wildman–Crippen LogP) is 5.48. The Bertz CT molecular complexity index is 1070. The van der Waals surface area contributed by atoms with Gasteiger partial charge in [-0.2, -0.15) is 0 Å². The lowest BCUT2D eigenvalue weighted by atomic mass is 10.1. The fourth-order valence-corrected chi connectivity index (χ4v) is 4.61. The maximum atomic E-state index is 13.3. The molecule has 3 heterocycles. The van der Waals surface area contributed by atoms with Crippen molar-refractivity contribution in [2.45, 2.75) is 24.5 Å². The summed E-state index contributed by atoms with van der Waals surface area (Å²) in [5.41, 5.74) is 3.25. The van der Waals surface area contributed by atoms with Crippen molar-refractivity contribution < 1.29 is 4.79 Å². The summed E-state index contributed by atoms with van der Waals surface area (Å²) in [6.07, 6.45) is 1.84. The van der Waals surface area contributed by atoms with Crippen molar-refractivity contribution in [3.63, 3.8) is 0 Å². The Hall–Kier alpha value is -2.57. The number of carbonyl (C=O) groups excluding carboxylic acids is 1. The maximum absolute atomic E-state index is 13.3. The topological polar surface area (TPSA) is 49.3 Å². The van der Waals surface area contributed by atoms with Gasteiger partial charge in [0.05, 0.1) is 11.3 Å². The summed E-state index contributed by atoms with van der Waals surface area (Å²) >= 11 is 7.95. The van der Waals surface area contributed by atoms with Gasteiger partial charge < -0.3 is 9.80 Å². The van der Waals surface area contributed by atoms with Crippen LogP contribution in [0.3, 0.4) is 0 Å². The number of rotatable bonds is 4. The van der Waals surface area contributed by atoms with Gasteiger partial charge in [-0.1, -0.05) is 29.8 Å². The number of amides is 1. The van der Waals surface area contributed by atoms with Crippen LogP contribution >= 0.6 is 23.4 Å². The minimum absolute atomic E-state index is 0.0940. The van der Waals surface area contributed by atoms with Crippen molar-refractivity contribution in [1.82, 2.24) is 9.97 Å². The Balaban J connectivity index is 1.76. The molecule has 0 saturated heterocycles. The van der Waals surface area contributed by atoms with Gasteiger partial charge >= 0.3 is 0 Å². The fraction of sp³-hybridized carbons (Fsp3) is 0.227. The number of nitrogens with zero attached hydrogens (tertiary/aromatic N) is 4. The molecule has 1 aliphatic heterocycles. The number of hydrogen-bond acceptors (Lipinski definition) is 5. The molecular weight excluding hydrogens is 404 g/mol. The summed E-state index contributed by atoms with van der Waals surface area (Å²) in [6, 6.07) is 13.9. The highest BCUT2D eigenvalue weighted by molar-refractivity contribution is 7.98. The van der Waals surface area contributed by atoms with E-state index >= 15 is 0 Å². The van der Waals surface area contributed by atoms with Crippen molar-refractivity contribution in [3.8, 4) is 0 Å². The second kappa shape index (κ2) is 8.05. The lowest BCUT2D eigenvalue weighted by molar-refractivity contribution is 0.0994. The molecule has 0 spiro atoms. The molecule has 5 nitrogen and oxygen atoms in total. The van der Waals surface area contributed by atoms with E-state index in [1.807, 2.05) is 49.2 Å². The molecule has 1 aliphatic rings. The molecule has 2 aromatic heterocycles. The molecule has 0 atom stereocenters. The molecule has 29 heavy (non-hydrogen) atoms. The summed E-state index contributed by atoms with van der Waals surface area (Å²) in [7, 11) is 1.78. The van der Waals surface area contributed by atoms with Gasteiger partial charge in [0.1, 0.15) is 11.0 Å². The summed E-state index contributed by atoms with van der Waals surface area (Å²) in [5, 5.41) is 0.403.